The Morgan fingerprint density at radius 3 is 2.40 bits per heavy atom. The molecule has 1 aromatic carbocycles. The van der Waals surface area contributed by atoms with Gasteiger partial charge in [0.1, 0.15) is 5.75 Å². The molecule has 0 radical (unpaired) electrons. The smallest absolute Gasteiger partial charge is 0.154 e. The summed E-state index contributed by atoms with van der Waals surface area (Å²) in [6.45, 7) is 5.97. The van der Waals surface area contributed by atoms with E-state index >= 15 is 0 Å². The summed E-state index contributed by atoms with van der Waals surface area (Å²) in [4.78, 5) is 0. The maximum Gasteiger partial charge on any atom is 0.154 e. The molecule has 0 amide bonds. The van der Waals surface area contributed by atoms with Crippen LogP contribution in [0.1, 0.15) is 32.4 Å². The Morgan fingerprint density at radius 1 is 1.40 bits per heavy atom. The second-order valence-electron chi connectivity index (χ2n) is 5.22. The molecule has 1 rings (SSSR count). The summed E-state index contributed by atoms with van der Waals surface area (Å²) in [6.07, 6.45) is 1.26. The van der Waals surface area contributed by atoms with Gasteiger partial charge in [0.2, 0.25) is 0 Å². The van der Waals surface area contributed by atoms with Crippen LogP contribution in [0.5, 0.6) is 5.75 Å². The van der Waals surface area contributed by atoms with E-state index < -0.39 is 14.6 Å². The third-order valence-corrected chi connectivity index (χ3v) is 6.30. The Balaban J connectivity index is 3.24. The minimum atomic E-state index is -3.20. The zero-order valence-electron chi connectivity index (χ0n) is 12.5. The molecule has 1 N–H and O–H groups in total. The Labute approximate surface area is 130 Å². The van der Waals surface area contributed by atoms with Gasteiger partial charge in [0.05, 0.1) is 21.9 Å². The van der Waals surface area contributed by atoms with Gasteiger partial charge in [-0.2, -0.15) is 0 Å². The van der Waals surface area contributed by atoms with E-state index in [-0.39, 0.29) is 6.04 Å². The van der Waals surface area contributed by atoms with Gasteiger partial charge in [-0.25, -0.2) is 8.42 Å². The lowest BCUT2D eigenvalue weighted by molar-refractivity contribution is 0.337. The Hall–Kier alpha value is -0.590. The van der Waals surface area contributed by atoms with E-state index in [0.29, 0.717) is 6.61 Å². The Bertz CT molecular complexity index is 570. The maximum atomic E-state index is 12.0. The summed E-state index contributed by atoms with van der Waals surface area (Å²) in [7, 11) is -1.44. The van der Waals surface area contributed by atoms with Crippen molar-refractivity contribution in [2.24, 2.45) is 0 Å². The number of benzene rings is 1. The minimum Gasteiger partial charge on any atom is -0.493 e. The molecule has 0 saturated heterocycles. The Morgan fingerprint density at radius 2 is 2.00 bits per heavy atom. The molecule has 0 aromatic heterocycles. The summed E-state index contributed by atoms with van der Waals surface area (Å²) >= 11 is 3.46. The number of nitrogens with one attached hydrogen (secondary N) is 1. The number of rotatable bonds is 6. The van der Waals surface area contributed by atoms with Gasteiger partial charge in [-0.05, 0) is 61.4 Å². The maximum absolute atomic E-state index is 12.0. The van der Waals surface area contributed by atoms with Crippen molar-refractivity contribution in [3.63, 3.8) is 0 Å². The van der Waals surface area contributed by atoms with Gasteiger partial charge in [0.15, 0.2) is 9.84 Å². The highest BCUT2D eigenvalue weighted by atomic mass is 79.9. The fourth-order valence-electron chi connectivity index (χ4n) is 2.10. The lowest BCUT2D eigenvalue weighted by atomic mass is 9.95. The van der Waals surface area contributed by atoms with Crippen LogP contribution in [0.3, 0.4) is 0 Å². The topological polar surface area (TPSA) is 55.4 Å². The first-order chi connectivity index (χ1) is 9.15. The highest BCUT2D eigenvalue weighted by molar-refractivity contribution is 9.10. The lowest BCUT2D eigenvalue weighted by Crippen LogP contribution is -2.43. The van der Waals surface area contributed by atoms with Gasteiger partial charge >= 0.3 is 0 Å². The average Bonchev–Trinajstić information content (AvgIpc) is 2.32. The van der Waals surface area contributed by atoms with Crippen LogP contribution in [-0.2, 0) is 9.84 Å². The van der Waals surface area contributed by atoms with Crippen molar-refractivity contribution in [1.82, 2.24) is 5.32 Å². The van der Waals surface area contributed by atoms with E-state index in [2.05, 4.69) is 21.2 Å². The van der Waals surface area contributed by atoms with Crippen LogP contribution < -0.4 is 10.1 Å². The second-order valence-corrected chi connectivity index (χ2v) is 8.67. The number of sulfone groups is 1. The molecule has 1 unspecified atom stereocenters. The number of halogens is 1. The zero-order valence-corrected chi connectivity index (χ0v) is 14.9. The highest BCUT2D eigenvalue weighted by Crippen LogP contribution is 2.35. The molecule has 0 spiro atoms. The first-order valence-electron chi connectivity index (χ1n) is 6.44. The molecule has 1 aromatic rings. The van der Waals surface area contributed by atoms with Gasteiger partial charge in [-0.15, -0.1) is 0 Å². The Kier molecular flexibility index (Phi) is 5.63. The third kappa shape index (κ3) is 3.54. The molecule has 0 bridgehead atoms. The van der Waals surface area contributed by atoms with E-state index in [1.54, 1.807) is 20.9 Å². The third-order valence-electron chi connectivity index (χ3n) is 3.53. The number of hydrogen-bond donors (Lipinski definition) is 1. The molecular formula is C14H22BrNO3S. The van der Waals surface area contributed by atoms with Gasteiger partial charge < -0.3 is 10.1 Å². The molecule has 6 heteroatoms. The largest absolute Gasteiger partial charge is 0.493 e. The molecular weight excluding hydrogens is 342 g/mol. The molecule has 114 valence electrons. The summed E-state index contributed by atoms with van der Waals surface area (Å²) in [6, 6.07) is 5.35. The van der Waals surface area contributed by atoms with Crippen molar-refractivity contribution in [2.75, 3.05) is 19.9 Å². The zero-order chi connectivity index (χ0) is 15.6. The monoisotopic (exact) mass is 363 g/mol. The predicted molar refractivity (Wildman–Crippen MR) is 86.0 cm³/mol. The van der Waals surface area contributed by atoms with Crippen LogP contribution in [0.2, 0.25) is 0 Å². The van der Waals surface area contributed by atoms with Crippen LogP contribution in [0.25, 0.3) is 0 Å². The lowest BCUT2D eigenvalue weighted by Gasteiger charge is -2.33. The molecule has 0 aliphatic carbocycles. The molecule has 0 aliphatic rings. The molecule has 0 saturated carbocycles. The molecule has 20 heavy (non-hydrogen) atoms. The van der Waals surface area contributed by atoms with Crippen LogP contribution in [0.15, 0.2) is 22.7 Å². The van der Waals surface area contributed by atoms with Crippen LogP contribution >= 0.6 is 15.9 Å². The van der Waals surface area contributed by atoms with Gasteiger partial charge in [0.25, 0.3) is 0 Å². The van der Waals surface area contributed by atoms with Crippen LogP contribution in [0, 0.1) is 0 Å². The van der Waals surface area contributed by atoms with Crippen molar-refractivity contribution >= 4 is 25.8 Å². The molecule has 1 atom stereocenters. The van der Waals surface area contributed by atoms with Crippen molar-refractivity contribution in [3.8, 4) is 5.75 Å². The fourth-order valence-corrected chi connectivity index (χ4v) is 3.29. The van der Waals surface area contributed by atoms with Gasteiger partial charge in [-0.1, -0.05) is 6.07 Å². The predicted octanol–water partition coefficient (Wildman–Crippen LogP) is 2.93. The second kappa shape index (κ2) is 6.45. The van der Waals surface area contributed by atoms with Gasteiger partial charge in [0, 0.05) is 6.26 Å². The van der Waals surface area contributed by atoms with Crippen molar-refractivity contribution in [1.29, 1.82) is 0 Å². The molecule has 0 fully saturated rings. The first kappa shape index (κ1) is 17.5. The van der Waals surface area contributed by atoms with E-state index in [0.717, 1.165) is 15.8 Å². The van der Waals surface area contributed by atoms with E-state index in [4.69, 9.17) is 4.74 Å². The van der Waals surface area contributed by atoms with E-state index in [9.17, 15) is 8.42 Å². The molecule has 4 nitrogen and oxygen atoms in total. The minimum absolute atomic E-state index is 0.301. The van der Waals surface area contributed by atoms with Gasteiger partial charge in [-0.3, -0.25) is 0 Å². The van der Waals surface area contributed by atoms with Crippen LogP contribution in [-0.4, -0.2) is 33.1 Å². The number of hydrogen-bond acceptors (Lipinski definition) is 4. The summed E-state index contributed by atoms with van der Waals surface area (Å²) < 4.78 is 29.4. The molecule has 0 heterocycles. The first-order valence-corrected chi connectivity index (χ1v) is 9.12. The molecule has 0 aliphatic heterocycles. The van der Waals surface area contributed by atoms with E-state index in [1.165, 1.54) is 6.26 Å². The quantitative estimate of drug-likeness (QED) is 0.843. The normalized spacial score (nSPS) is 14.1. The number of ether oxygens (including phenoxy) is 1. The van der Waals surface area contributed by atoms with Crippen LogP contribution in [0.4, 0.5) is 0 Å². The van der Waals surface area contributed by atoms with Crippen molar-refractivity contribution in [2.45, 2.75) is 31.6 Å². The average molecular weight is 364 g/mol. The van der Waals surface area contributed by atoms with Crippen molar-refractivity contribution < 1.29 is 13.2 Å². The standard InChI is InChI=1S/C14H22BrNO3S/c1-6-19-12-8-7-10(9-11(12)15)13(16-4)14(2,3)20(5,17)18/h7-9,13,16H,6H2,1-5H3. The SMILES string of the molecule is CCOc1ccc(C(NC)C(C)(C)S(C)(=O)=O)cc1Br. The summed E-state index contributed by atoms with van der Waals surface area (Å²) in [5.41, 5.74) is 0.901. The highest BCUT2D eigenvalue weighted by Gasteiger charge is 2.39. The van der Waals surface area contributed by atoms with E-state index in [1.807, 2.05) is 25.1 Å². The van der Waals surface area contributed by atoms with Crippen molar-refractivity contribution in [3.05, 3.63) is 28.2 Å². The summed E-state index contributed by atoms with van der Waals surface area (Å²) in [5.74, 6) is 0.753. The fraction of sp³-hybridized carbons (Fsp3) is 0.571. The summed E-state index contributed by atoms with van der Waals surface area (Å²) in [5, 5.41) is 3.10.